The van der Waals surface area contributed by atoms with Crippen LogP contribution in [0.5, 0.6) is 0 Å². The minimum Gasteiger partial charge on any atom is -0.368 e. The van der Waals surface area contributed by atoms with Gasteiger partial charge in [0.1, 0.15) is 12.1 Å². The number of hydrogen-bond donors (Lipinski definition) is 1. The van der Waals surface area contributed by atoms with Crippen molar-refractivity contribution in [3.63, 3.8) is 0 Å². The fourth-order valence-corrected chi connectivity index (χ4v) is 6.23. The number of piperazine rings is 1. The summed E-state index contributed by atoms with van der Waals surface area (Å²) < 4.78 is 15.7. The molecule has 5 heterocycles. The van der Waals surface area contributed by atoms with Gasteiger partial charge in [0, 0.05) is 69.7 Å². The van der Waals surface area contributed by atoms with E-state index < -0.39 is 0 Å². The van der Waals surface area contributed by atoms with Crippen molar-refractivity contribution in [2.45, 2.75) is 32.9 Å². The number of nitrogens with zero attached hydrogens (tertiary/aromatic N) is 7. The molecular weight excluding hydrogens is 471 g/mol. The van der Waals surface area contributed by atoms with Crippen molar-refractivity contribution < 1.29 is 9.18 Å². The number of likely N-dealkylation sites (N-methyl/N-ethyl adjacent to an activating group) is 1. The lowest BCUT2D eigenvalue weighted by Gasteiger charge is -2.41. The fraction of sp³-hybridized carbons (Fsp3) is 0.519. The number of hydrogen-bond acceptors (Lipinski definition) is 7. The van der Waals surface area contributed by atoms with Crippen LogP contribution in [0.3, 0.4) is 0 Å². The number of benzene rings is 1. The Hall–Kier alpha value is -3.24. The lowest BCUT2D eigenvalue weighted by Crippen LogP contribution is -2.47. The van der Waals surface area contributed by atoms with Crippen LogP contribution in [0.1, 0.15) is 25.8 Å². The van der Waals surface area contributed by atoms with Crippen molar-refractivity contribution >= 4 is 28.4 Å². The molecule has 0 unspecified atom stereocenters. The zero-order chi connectivity index (χ0) is 25.7. The molecule has 0 saturated carbocycles. The number of anilines is 2. The Labute approximate surface area is 217 Å². The van der Waals surface area contributed by atoms with E-state index in [4.69, 9.17) is 0 Å². The molecule has 6 rings (SSSR count). The molecule has 0 radical (unpaired) electrons. The number of allylic oxidation sites excluding steroid dienone is 2. The Bertz CT molecular complexity index is 1280. The average Bonchev–Trinajstić information content (AvgIpc) is 3.33. The smallest absolute Gasteiger partial charge is 0.327 e. The first kappa shape index (κ1) is 24.1. The zero-order valence-electron chi connectivity index (χ0n) is 21.9. The second-order valence-electron chi connectivity index (χ2n) is 10.5. The van der Waals surface area contributed by atoms with Gasteiger partial charge in [-0.2, -0.15) is 0 Å². The first-order valence-electron chi connectivity index (χ1n) is 13.3. The normalized spacial score (nSPS) is 23.0. The highest BCUT2D eigenvalue weighted by atomic mass is 19.1. The van der Waals surface area contributed by atoms with Crippen molar-refractivity contribution in [3.8, 4) is 0 Å². The number of amides is 2. The summed E-state index contributed by atoms with van der Waals surface area (Å²) in [6, 6.07) is 2.03. The van der Waals surface area contributed by atoms with E-state index in [1.807, 2.05) is 13.0 Å². The van der Waals surface area contributed by atoms with Crippen LogP contribution in [0.15, 0.2) is 35.9 Å². The molecule has 4 aliphatic rings. The van der Waals surface area contributed by atoms with Crippen LogP contribution in [-0.2, 0) is 6.54 Å². The Morgan fingerprint density at radius 1 is 1.16 bits per heavy atom. The molecule has 37 heavy (non-hydrogen) atoms. The molecule has 2 saturated heterocycles. The first-order valence-corrected chi connectivity index (χ1v) is 13.3. The number of carbonyl (C=O) groups excluding carboxylic acids is 1. The topological polar surface area (TPSA) is 71.1 Å². The van der Waals surface area contributed by atoms with Gasteiger partial charge < -0.3 is 20.0 Å². The van der Waals surface area contributed by atoms with E-state index >= 15 is 4.39 Å². The number of halogens is 1. The number of aromatic nitrogens is 2. The molecule has 1 aromatic carbocycles. The van der Waals surface area contributed by atoms with Crippen molar-refractivity contribution in [1.29, 1.82) is 0 Å². The van der Waals surface area contributed by atoms with E-state index in [2.05, 4.69) is 61.0 Å². The number of nitrogens with one attached hydrogen (secondary N) is 1. The molecule has 1 aromatic heterocycles. The second kappa shape index (κ2) is 9.57. The number of rotatable bonds is 5. The van der Waals surface area contributed by atoms with E-state index in [0.717, 1.165) is 45.8 Å². The van der Waals surface area contributed by atoms with Crippen LogP contribution >= 0.6 is 0 Å². The summed E-state index contributed by atoms with van der Waals surface area (Å²) in [4.78, 5) is 32.5. The molecule has 4 aliphatic heterocycles. The third-order valence-corrected chi connectivity index (χ3v) is 8.26. The lowest BCUT2D eigenvalue weighted by molar-refractivity contribution is 0.148. The molecule has 9 nitrogen and oxygen atoms in total. The van der Waals surface area contributed by atoms with Crippen molar-refractivity contribution in [2.24, 2.45) is 0 Å². The van der Waals surface area contributed by atoms with E-state index in [9.17, 15) is 4.79 Å². The molecule has 0 spiro atoms. The van der Waals surface area contributed by atoms with Gasteiger partial charge in [-0.15, -0.1) is 0 Å². The molecule has 1 N–H and O–H groups in total. The molecule has 10 heteroatoms. The molecule has 2 aromatic rings. The summed E-state index contributed by atoms with van der Waals surface area (Å²) in [5.41, 5.74) is 4.08. The summed E-state index contributed by atoms with van der Waals surface area (Å²) in [5, 5.41) is 3.31. The highest BCUT2D eigenvalue weighted by Crippen LogP contribution is 2.38. The molecular formula is C27H35FN8O. The van der Waals surface area contributed by atoms with Gasteiger partial charge >= 0.3 is 6.03 Å². The molecule has 196 valence electrons. The van der Waals surface area contributed by atoms with Gasteiger partial charge in [0.2, 0.25) is 0 Å². The van der Waals surface area contributed by atoms with Crippen LogP contribution in [0.2, 0.25) is 0 Å². The van der Waals surface area contributed by atoms with Gasteiger partial charge in [-0.25, -0.2) is 19.2 Å². The second-order valence-corrected chi connectivity index (χ2v) is 10.5. The van der Waals surface area contributed by atoms with Crippen LogP contribution in [0.25, 0.3) is 10.9 Å². The summed E-state index contributed by atoms with van der Waals surface area (Å²) in [6.45, 7) is 11.8. The summed E-state index contributed by atoms with van der Waals surface area (Å²) in [5.74, 6) is 0.0776. The SMILES string of the molecule is CCN1C(=O)Nc2c(F)c(CN3CCN(C4=C(C)N([C@@H]5CCN(C)C5)CC=C4)CC3)cc3ncnc1c23. The largest absolute Gasteiger partial charge is 0.368 e. The third-order valence-electron chi connectivity index (χ3n) is 8.26. The molecule has 2 fully saturated rings. The van der Waals surface area contributed by atoms with Gasteiger partial charge in [-0.3, -0.25) is 9.80 Å². The first-order chi connectivity index (χ1) is 17.9. The van der Waals surface area contributed by atoms with Gasteiger partial charge in [-0.05, 0) is 46.0 Å². The Morgan fingerprint density at radius 2 is 1.97 bits per heavy atom. The van der Waals surface area contributed by atoms with Crippen molar-refractivity contribution in [1.82, 2.24) is 29.6 Å². The van der Waals surface area contributed by atoms with Crippen LogP contribution in [0, 0.1) is 5.82 Å². The summed E-state index contributed by atoms with van der Waals surface area (Å²) in [7, 11) is 2.20. The molecule has 1 atom stereocenters. The maximum atomic E-state index is 15.7. The standard InChI is InChI=1S/C27H35FN8O/c1-4-35-26-23-21(29-17-30-26)14-19(24(28)25(23)31-27(35)37)15-33-10-12-34(13-11-33)22-6-5-8-36(18(22)2)20-7-9-32(3)16-20/h5-6,14,17,20H,4,7-13,15-16H2,1-3H3,(H,31,37)/t20-/m1/s1. The van der Waals surface area contributed by atoms with Gasteiger partial charge in [-0.1, -0.05) is 6.08 Å². The third kappa shape index (κ3) is 4.21. The van der Waals surface area contributed by atoms with Crippen LogP contribution in [0.4, 0.5) is 20.7 Å². The number of urea groups is 1. The predicted molar refractivity (Wildman–Crippen MR) is 143 cm³/mol. The quantitative estimate of drug-likeness (QED) is 0.668. The molecule has 0 bridgehead atoms. The summed E-state index contributed by atoms with van der Waals surface area (Å²) in [6.07, 6.45) is 7.22. The van der Waals surface area contributed by atoms with Crippen molar-refractivity contribution in [2.75, 3.05) is 69.6 Å². The van der Waals surface area contributed by atoms with E-state index in [-0.39, 0.29) is 17.5 Å². The zero-order valence-corrected chi connectivity index (χ0v) is 21.9. The minimum absolute atomic E-state index is 0.196. The number of likely N-dealkylation sites (tertiary alicyclic amines) is 1. The van der Waals surface area contributed by atoms with E-state index in [0.29, 0.717) is 41.4 Å². The van der Waals surface area contributed by atoms with Crippen LogP contribution in [-0.4, -0.2) is 101 Å². The Kier molecular flexibility index (Phi) is 6.24. The summed E-state index contributed by atoms with van der Waals surface area (Å²) >= 11 is 0. The highest BCUT2D eigenvalue weighted by molar-refractivity contribution is 6.17. The maximum Gasteiger partial charge on any atom is 0.327 e. The average molecular weight is 507 g/mol. The van der Waals surface area contributed by atoms with E-state index in [1.165, 1.54) is 29.0 Å². The van der Waals surface area contributed by atoms with Gasteiger partial charge in [0.05, 0.1) is 22.3 Å². The lowest BCUT2D eigenvalue weighted by atomic mass is 10.1. The van der Waals surface area contributed by atoms with Gasteiger partial charge in [0.25, 0.3) is 0 Å². The van der Waals surface area contributed by atoms with Crippen molar-refractivity contribution in [3.05, 3.63) is 47.3 Å². The molecule has 0 aliphatic carbocycles. The van der Waals surface area contributed by atoms with E-state index in [1.54, 1.807) is 0 Å². The Morgan fingerprint density at radius 3 is 2.70 bits per heavy atom. The number of carbonyl (C=O) groups is 1. The van der Waals surface area contributed by atoms with Gasteiger partial charge in [0.15, 0.2) is 5.82 Å². The fourth-order valence-electron chi connectivity index (χ4n) is 6.23. The van der Waals surface area contributed by atoms with Crippen LogP contribution < -0.4 is 10.2 Å². The Balaban J connectivity index is 1.18. The predicted octanol–water partition coefficient (Wildman–Crippen LogP) is 3.07. The molecule has 2 amide bonds. The monoisotopic (exact) mass is 506 g/mol. The highest BCUT2D eigenvalue weighted by Gasteiger charge is 2.32. The maximum absolute atomic E-state index is 15.7. The minimum atomic E-state index is -0.388.